The van der Waals surface area contributed by atoms with Gasteiger partial charge in [0.1, 0.15) is 0 Å². The highest BCUT2D eigenvalue weighted by Crippen LogP contribution is 2.24. The van der Waals surface area contributed by atoms with Crippen LogP contribution in [0.25, 0.3) is 27.6 Å². The standard InChI is InChI=1S/C18H16/c1-2-3-6-14-9-10-17-12-15-7-4-5-8-16(15)13-18(17)11-14/h3-13H,2H2,1H3. The van der Waals surface area contributed by atoms with Crippen LogP contribution in [0.1, 0.15) is 18.9 Å². The summed E-state index contributed by atoms with van der Waals surface area (Å²) in [7, 11) is 0. The molecule has 0 aliphatic rings. The van der Waals surface area contributed by atoms with Crippen LogP contribution in [0, 0.1) is 0 Å². The first kappa shape index (κ1) is 11.0. The second kappa shape index (κ2) is 4.66. The van der Waals surface area contributed by atoms with Crippen molar-refractivity contribution in [3.63, 3.8) is 0 Å². The molecule has 0 bridgehead atoms. The molecule has 0 aliphatic heterocycles. The molecule has 0 radical (unpaired) electrons. The Labute approximate surface area is 108 Å². The first-order valence-corrected chi connectivity index (χ1v) is 6.46. The van der Waals surface area contributed by atoms with Crippen molar-refractivity contribution in [1.29, 1.82) is 0 Å². The Morgan fingerprint density at radius 3 is 2.17 bits per heavy atom. The fourth-order valence-electron chi connectivity index (χ4n) is 2.32. The summed E-state index contributed by atoms with van der Waals surface area (Å²) < 4.78 is 0. The van der Waals surface area contributed by atoms with E-state index < -0.39 is 0 Å². The quantitative estimate of drug-likeness (QED) is 0.518. The Kier molecular flexibility index (Phi) is 2.85. The van der Waals surface area contributed by atoms with Gasteiger partial charge in [-0.1, -0.05) is 55.5 Å². The van der Waals surface area contributed by atoms with Gasteiger partial charge < -0.3 is 0 Å². The Morgan fingerprint density at radius 2 is 1.44 bits per heavy atom. The number of allylic oxidation sites excluding steroid dienone is 1. The molecule has 0 aromatic heterocycles. The number of rotatable bonds is 2. The number of hydrogen-bond donors (Lipinski definition) is 0. The van der Waals surface area contributed by atoms with Gasteiger partial charge in [-0.3, -0.25) is 0 Å². The monoisotopic (exact) mass is 232 g/mol. The van der Waals surface area contributed by atoms with E-state index >= 15 is 0 Å². The molecule has 3 rings (SSSR count). The highest BCUT2D eigenvalue weighted by Gasteiger charge is 1.98. The molecular formula is C18H16. The van der Waals surface area contributed by atoms with E-state index in [9.17, 15) is 0 Å². The maximum atomic E-state index is 2.27. The molecule has 0 saturated heterocycles. The number of fused-ring (bicyclic) bond motifs is 2. The lowest BCUT2D eigenvalue weighted by Crippen LogP contribution is -1.78. The van der Waals surface area contributed by atoms with Crippen LogP contribution < -0.4 is 0 Å². The zero-order chi connectivity index (χ0) is 12.4. The van der Waals surface area contributed by atoms with Crippen LogP contribution in [-0.4, -0.2) is 0 Å². The number of benzene rings is 3. The zero-order valence-corrected chi connectivity index (χ0v) is 10.6. The Balaban J connectivity index is 2.21. The van der Waals surface area contributed by atoms with Crippen LogP contribution >= 0.6 is 0 Å². The summed E-state index contributed by atoms with van der Waals surface area (Å²) in [4.78, 5) is 0. The van der Waals surface area contributed by atoms with Crippen molar-refractivity contribution >= 4 is 27.6 Å². The molecule has 0 nitrogen and oxygen atoms in total. The fourth-order valence-corrected chi connectivity index (χ4v) is 2.32. The third-order valence-corrected chi connectivity index (χ3v) is 3.27. The van der Waals surface area contributed by atoms with E-state index in [1.165, 1.54) is 27.1 Å². The van der Waals surface area contributed by atoms with E-state index in [4.69, 9.17) is 0 Å². The van der Waals surface area contributed by atoms with Crippen LogP contribution in [0.15, 0.2) is 60.7 Å². The highest BCUT2D eigenvalue weighted by atomic mass is 14.0. The van der Waals surface area contributed by atoms with Crippen LogP contribution in [-0.2, 0) is 0 Å². The topological polar surface area (TPSA) is 0 Å². The van der Waals surface area contributed by atoms with Gasteiger partial charge in [0.15, 0.2) is 0 Å². The molecule has 3 aromatic carbocycles. The molecule has 0 saturated carbocycles. The summed E-state index contributed by atoms with van der Waals surface area (Å²) in [5.41, 5.74) is 1.28. The smallest absolute Gasteiger partial charge is 0.0172 e. The first-order chi connectivity index (χ1) is 8.86. The Morgan fingerprint density at radius 1 is 0.778 bits per heavy atom. The Hall–Kier alpha value is -2.08. The normalized spacial score (nSPS) is 11.6. The summed E-state index contributed by atoms with van der Waals surface area (Å²) in [6.45, 7) is 2.16. The molecule has 0 spiro atoms. The molecule has 0 fully saturated rings. The molecule has 3 aromatic rings. The summed E-state index contributed by atoms with van der Waals surface area (Å²) in [5.74, 6) is 0. The van der Waals surface area contributed by atoms with Gasteiger partial charge in [0.25, 0.3) is 0 Å². The van der Waals surface area contributed by atoms with E-state index in [-0.39, 0.29) is 0 Å². The van der Waals surface area contributed by atoms with Gasteiger partial charge in [0.2, 0.25) is 0 Å². The minimum absolute atomic E-state index is 1.08. The van der Waals surface area contributed by atoms with Crippen molar-refractivity contribution in [3.05, 3.63) is 66.2 Å². The van der Waals surface area contributed by atoms with Gasteiger partial charge in [0, 0.05) is 0 Å². The lowest BCUT2D eigenvalue weighted by atomic mass is 10.0. The predicted molar refractivity (Wildman–Crippen MR) is 80.8 cm³/mol. The third kappa shape index (κ3) is 2.02. The van der Waals surface area contributed by atoms with Crippen LogP contribution in [0.2, 0.25) is 0 Å². The van der Waals surface area contributed by atoms with E-state index in [0.29, 0.717) is 0 Å². The zero-order valence-electron chi connectivity index (χ0n) is 10.6. The lowest BCUT2D eigenvalue weighted by Gasteiger charge is -2.03. The maximum Gasteiger partial charge on any atom is -0.0172 e. The molecule has 18 heavy (non-hydrogen) atoms. The average Bonchev–Trinajstić information content (AvgIpc) is 2.42. The van der Waals surface area contributed by atoms with Crippen LogP contribution in [0.4, 0.5) is 0 Å². The summed E-state index contributed by atoms with van der Waals surface area (Å²) in [6.07, 6.45) is 5.46. The predicted octanol–water partition coefficient (Wildman–Crippen LogP) is 5.42. The van der Waals surface area contributed by atoms with Crippen molar-refractivity contribution in [2.24, 2.45) is 0 Å². The molecule has 0 amide bonds. The minimum Gasteiger partial charge on any atom is -0.0842 e. The third-order valence-electron chi connectivity index (χ3n) is 3.27. The number of hydrogen-bond acceptors (Lipinski definition) is 0. The van der Waals surface area contributed by atoms with E-state index in [0.717, 1.165) is 6.42 Å². The average molecular weight is 232 g/mol. The second-order valence-corrected chi connectivity index (χ2v) is 4.62. The van der Waals surface area contributed by atoms with Gasteiger partial charge >= 0.3 is 0 Å². The molecule has 0 aliphatic carbocycles. The second-order valence-electron chi connectivity index (χ2n) is 4.62. The van der Waals surface area contributed by atoms with Gasteiger partial charge in [-0.2, -0.15) is 0 Å². The molecule has 88 valence electrons. The first-order valence-electron chi connectivity index (χ1n) is 6.46. The molecule has 0 unspecified atom stereocenters. The van der Waals surface area contributed by atoms with Crippen molar-refractivity contribution in [2.45, 2.75) is 13.3 Å². The fraction of sp³-hybridized carbons (Fsp3) is 0.111. The molecule has 0 heterocycles. The van der Waals surface area contributed by atoms with E-state index in [1.54, 1.807) is 0 Å². The lowest BCUT2D eigenvalue weighted by molar-refractivity contribution is 1.23. The van der Waals surface area contributed by atoms with Gasteiger partial charge in [0.05, 0.1) is 0 Å². The SMILES string of the molecule is CCC=Cc1ccc2cc3ccccc3cc2c1. The van der Waals surface area contributed by atoms with Crippen LogP contribution in [0.3, 0.4) is 0 Å². The molecule has 0 atom stereocenters. The van der Waals surface area contributed by atoms with E-state index in [1.807, 2.05) is 0 Å². The Bertz CT molecular complexity index is 720. The van der Waals surface area contributed by atoms with Crippen molar-refractivity contribution in [3.8, 4) is 0 Å². The van der Waals surface area contributed by atoms with Crippen LogP contribution in [0.5, 0.6) is 0 Å². The van der Waals surface area contributed by atoms with Crippen molar-refractivity contribution in [1.82, 2.24) is 0 Å². The highest BCUT2D eigenvalue weighted by molar-refractivity contribution is 5.98. The van der Waals surface area contributed by atoms with Gasteiger partial charge in [-0.25, -0.2) is 0 Å². The molecular weight excluding hydrogens is 216 g/mol. The molecule has 0 N–H and O–H groups in total. The summed E-state index contributed by atoms with van der Waals surface area (Å²) in [6, 6.07) is 19.7. The minimum atomic E-state index is 1.08. The van der Waals surface area contributed by atoms with Gasteiger partial charge in [-0.05, 0) is 51.7 Å². The van der Waals surface area contributed by atoms with E-state index in [2.05, 4.69) is 73.7 Å². The summed E-state index contributed by atoms with van der Waals surface area (Å²) in [5, 5.41) is 5.23. The summed E-state index contributed by atoms with van der Waals surface area (Å²) >= 11 is 0. The largest absolute Gasteiger partial charge is 0.0842 e. The van der Waals surface area contributed by atoms with Gasteiger partial charge in [-0.15, -0.1) is 0 Å². The molecule has 0 heteroatoms. The van der Waals surface area contributed by atoms with Crippen molar-refractivity contribution in [2.75, 3.05) is 0 Å². The maximum absolute atomic E-state index is 2.27. The van der Waals surface area contributed by atoms with Crippen molar-refractivity contribution < 1.29 is 0 Å².